The van der Waals surface area contributed by atoms with Crippen LogP contribution in [0.5, 0.6) is 0 Å². The fourth-order valence-corrected chi connectivity index (χ4v) is 1.45. The summed E-state index contributed by atoms with van der Waals surface area (Å²) >= 11 is 0. The number of hydrogen-bond acceptors (Lipinski definition) is 1. The third kappa shape index (κ3) is 8.79. The van der Waals surface area contributed by atoms with E-state index in [1.165, 1.54) is 19.3 Å². The fourth-order valence-electron chi connectivity index (χ4n) is 1.00. The summed E-state index contributed by atoms with van der Waals surface area (Å²) in [7, 11) is -2.25. The van der Waals surface area contributed by atoms with Gasteiger partial charge in [-0.3, -0.25) is 4.57 Å². The second-order valence-corrected chi connectivity index (χ2v) is 4.75. The fraction of sp³-hybridized carbons (Fsp3) is 1.00. The van der Waals surface area contributed by atoms with Crippen molar-refractivity contribution in [2.45, 2.75) is 51.6 Å². The molecule has 0 aromatic carbocycles. The normalized spacial score (nSPS) is 14.9. The molecule has 0 aliphatic carbocycles. The summed E-state index contributed by atoms with van der Waals surface area (Å²) in [5.74, 6) is 0. The van der Waals surface area contributed by atoms with E-state index < -0.39 is 8.03 Å². The maximum Gasteiger partial charge on any atom is 0.191 e. The SMILES string of the molecule is CCCCCCC(C)[PH](=O)O.[Co]. The van der Waals surface area contributed by atoms with Gasteiger partial charge in [-0.25, -0.2) is 0 Å². The summed E-state index contributed by atoms with van der Waals surface area (Å²) in [6, 6.07) is 0. The van der Waals surface area contributed by atoms with Gasteiger partial charge in [0, 0.05) is 22.4 Å². The molecule has 0 bridgehead atoms. The van der Waals surface area contributed by atoms with Crippen LogP contribution < -0.4 is 0 Å². The van der Waals surface area contributed by atoms with E-state index >= 15 is 0 Å². The summed E-state index contributed by atoms with van der Waals surface area (Å²) in [6.45, 7) is 4.02. The molecule has 0 saturated heterocycles. The molecular formula is C8H19CoO2P. The molecule has 2 nitrogen and oxygen atoms in total. The quantitative estimate of drug-likeness (QED) is 0.569. The molecule has 0 saturated carbocycles. The molecule has 0 aliphatic rings. The Bertz CT molecular complexity index is 120. The van der Waals surface area contributed by atoms with Crippen molar-refractivity contribution in [1.29, 1.82) is 0 Å². The van der Waals surface area contributed by atoms with Crippen LogP contribution in [-0.2, 0) is 21.3 Å². The summed E-state index contributed by atoms with van der Waals surface area (Å²) in [5, 5.41) is 0. The third-order valence-corrected chi connectivity index (χ3v) is 3.04. The van der Waals surface area contributed by atoms with Crippen LogP contribution in [0.3, 0.4) is 0 Å². The topological polar surface area (TPSA) is 37.3 Å². The first-order valence-electron chi connectivity index (χ1n) is 4.41. The molecule has 0 heterocycles. The van der Waals surface area contributed by atoms with Gasteiger partial charge in [-0.05, 0) is 6.42 Å². The Morgan fingerprint density at radius 3 is 2.33 bits per heavy atom. The number of hydrogen-bond donors (Lipinski definition) is 1. The van der Waals surface area contributed by atoms with Gasteiger partial charge in [0.05, 0.1) is 0 Å². The van der Waals surface area contributed by atoms with Crippen LogP contribution in [0.15, 0.2) is 0 Å². The van der Waals surface area contributed by atoms with Gasteiger partial charge in [0.1, 0.15) is 0 Å². The van der Waals surface area contributed by atoms with Crippen molar-refractivity contribution in [3.05, 3.63) is 0 Å². The molecule has 12 heavy (non-hydrogen) atoms. The van der Waals surface area contributed by atoms with Crippen LogP contribution >= 0.6 is 8.03 Å². The minimum absolute atomic E-state index is 0. The average Bonchev–Trinajstić information content (AvgIpc) is 1.97. The van der Waals surface area contributed by atoms with Crippen molar-refractivity contribution in [3.63, 3.8) is 0 Å². The van der Waals surface area contributed by atoms with Crippen LogP contribution in [0.25, 0.3) is 0 Å². The van der Waals surface area contributed by atoms with E-state index in [1.54, 1.807) is 0 Å². The summed E-state index contributed by atoms with van der Waals surface area (Å²) in [6.07, 6.45) is 5.69. The molecule has 77 valence electrons. The second-order valence-electron chi connectivity index (χ2n) is 3.09. The van der Waals surface area contributed by atoms with Crippen LogP contribution in [-0.4, -0.2) is 10.6 Å². The molecule has 0 spiro atoms. The van der Waals surface area contributed by atoms with Crippen LogP contribution in [0.2, 0.25) is 0 Å². The van der Waals surface area contributed by atoms with Gasteiger partial charge in [0.25, 0.3) is 0 Å². The van der Waals surface area contributed by atoms with E-state index in [4.69, 9.17) is 4.89 Å². The standard InChI is InChI=1S/C8H19O2P.Co/c1-3-4-5-6-7-8(2)11(9)10;/h8,11H,3-7H2,1-2H3,(H,9,10);. The molecule has 0 aliphatic heterocycles. The maximum absolute atomic E-state index is 10.5. The second kappa shape index (κ2) is 9.78. The molecule has 1 N–H and O–H groups in total. The van der Waals surface area contributed by atoms with Gasteiger partial charge in [-0.15, -0.1) is 0 Å². The minimum Gasteiger partial charge on any atom is -0.346 e. The first kappa shape index (κ1) is 15.2. The van der Waals surface area contributed by atoms with Gasteiger partial charge >= 0.3 is 0 Å². The zero-order chi connectivity index (χ0) is 8.69. The van der Waals surface area contributed by atoms with Crippen molar-refractivity contribution >= 4 is 8.03 Å². The van der Waals surface area contributed by atoms with Gasteiger partial charge < -0.3 is 4.89 Å². The summed E-state index contributed by atoms with van der Waals surface area (Å²) in [5.41, 5.74) is 0.0249. The number of rotatable bonds is 6. The predicted octanol–water partition coefficient (Wildman–Crippen LogP) is 2.81. The first-order chi connectivity index (χ1) is 5.18. The molecule has 1 radical (unpaired) electrons. The van der Waals surface area contributed by atoms with Crippen molar-refractivity contribution < 1.29 is 26.2 Å². The van der Waals surface area contributed by atoms with Crippen LogP contribution in [0.4, 0.5) is 0 Å². The molecule has 0 amide bonds. The molecule has 0 fully saturated rings. The van der Waals surface area contributed by atoms with Crippen molar-refractivity contribution in [1.82, 2.24) is 0 Å². The minimum atomic E-state index is -2.25. The Morgan fingerprint density at radius 1 is 1.33 bits per heavy atom. The summed E-state index contributed by atoms with van der Waals surface area (Å²) in [4.78, 5) is 8.72. The molecule has 0 rings (SSSR count). The molecule has 0 aromatic heterocycles. The van der Waals surface area contributed by atoms with E-state index in [0.717, 1.165) is 12.8 Å². The molecule has 4 heteroatoms. The van der Waals surface area contributed by atoms with E-state index in [2.05, 4.69) is 6.92 Å². The maximum atomic E-state index is 10.5. The van der Waals surface area contributed by atoms with E-state index in [0.29, 0.717) is 0 Å². The van der Waals surface area contributed by atoms with Crippen LogP contribution in [0, 0.1) is 0 Å². The Kier molecular flexibility index (Phi) is 12.4. The smallest absolute Gasteiger partial charge is 0.191 e. The van der Waals surface area contributed by atoms with Gasteiger partial charge in [0.15, 0.2) is 8.03 Å². The molecule has 2 atom stereocenters. The van der Waals surface area contributed by atoms with Crippen molar-refractivity contribution in [3.8, 4) is 0 Å². The van der Waals surface area contributed by atoms with Gasteiger partial charge in [-0.1, -0.05) is 39.5 Å². The van der Waals surface area contributed by atoms with E-state index in [9.17, 15) is 4.57 Å². The zero-order valence-corrected chi connectivity index (χ0v) is 9.84. The van der Waals surface area contributed by atoms with Crippen LogP contribution in [0.1, 0.15) is 46.0 Å². The van der Waals surface area contributed by atoms with Crippen molar-refractivity contribution in [2.24, 2.45) is 0 Å². The van der Waals surface area contributed by atoms with Gasteiger partial charge in [-0.2, -0.15) is 0 Å². The largest absolute Gasteiger partial charge is 0.346 e. The Morgan fingerprint density at radius 2 is 1.92 bits per heavy atom. The molecular weight excluding hydrogens is 218 g/mol. The van der Waals surface area contributed by atoms with Crippen molar-refractivity contribution in [2.75, 3.05) is 0 Å². The molecule has 0 aromatic rings. The van der Waals surface area contributed by atoms with Gasteiger partial charge in [0.2, 0.25) is 0 Å². The van der Waals surface area contributed by atoms with E-state index in [-0.39, 0.29) is 22.4 Å². The Balaban J connectivity index is 0. The average molecular weight is 237 g/mol. The van der Waals surface area contributed by atoms with E-state index in [1.807, 2.05) is 6.92 Å². The third-order valence-electron chi connectivity index (χ3n) is 1.91. The predicted molar refractivity (Wildman–Crippen MR) is 49.4 cm³/mol. The Labute approximate surface area is 86.2 Å². The zero-order valence-electron chi connectivity index (χ0n) is 7.80. The number of unbranched alkanes of at least 4 members (excludes halogenated alkanes) is 3. The monoisotopic (exact) mass is 237 g/mol. The first-order valence-corrected chi connectivity index (χ1v) is 5.84. The Hall–Kier alpha value is 0.696. The molecule has 2 unspecified atom stereocenters. The summed E-state index contributed by atoms with van der Waals surface area (Å²) < 4.78 is 10.5.